The van der Waals surface area contributed by atoms with E-state index >= 15 is 0 Å². The lowest BCUT2D eigenvalue weighted by Crippen LogP contribution is -2.09. The van der Waals surface area contributed by atoms with Gasteiger partial charge in [-0.05, 0) is 6.92 Å². The highest BCUT2D eigenvalue weighted by atomic mass is 35.5. The number of ketones is 1. The SMILES string of the molecule is CCOC(=O)c1nc(-c2ncc(Cl)s2)sc1C(C)=O. The third-order valence-electron chi connectivity index (χ3n) is 2.08. The number of carbonyl (C=O) groups excluding carboxylic acids is 2. The predicted octanol–water partition coefficient (Wildman–Crippen LogP) is 3.30. The van der Waals surface area contributed by atoms with Gasteiger partial charge in [-0.25, -0.2) is 14.8 Å². The molecule has 2 heterocycles. The van der Waals surface area contributed by atoms with Crippen LogP contribution in [0, 0.1) is 0 Å². The second-order valence-electron chi connectivity index (χ2n) is 3.44. The summed E-state index contributed by atoms with van der Waals surface area (Å²) in [7, 11) is 0. The summed E-state index contributed by atoms with van der Waals surface area (Å²) >= 11 is 8.16. The fourth-order valence-corrected chi connectivity index (χ4v) is 3.23. The summed E-state index contributed by atoms with van der Waals surface area (Å²) in [6, 6.07) is 0. The molecule has 100 valence electrons. The van der Waals surface area contributed by atoms with Crippen molar-refractivity contribution in [2.24, 2.45) is 0 Å². The van der Waals surface area contributed by atoms with E-state index in [1.54, 1.807) is 6.92 Å². The average Bonchev–Trinajstić information content (AvgIpc) is 2.94. The normalized spacial score (nSPS) is 10.5. The van der Waals surface area contributed by atoms with Crippen molar-refractivity contribution in [1.29, 1.82) is 0 Å². The smallest absolute Gasteiger partial charge is 0.358 e. The standard InChI is InChI=1S/C11H9ClN2O3S2/c1-3-17-11(16)7-8(5(2)15)19-10(14-7)9-13-4-6(12)18-9/h4H,3H2,1-2H3. The van der Waals surface area contributed by atoms with Crippen molar-refractivity contribution in [3.8, 4) is 10.0 Å². The van der Waals surface area contributed by atoms with Gasteiger partial charge in [0.25, 0.3) is 0 Å². The van der Waals surface area contributed by atoms with Crippen LogP contribution < -0.4 is 0 Å². The van der Waals surface area contributed by atoms with Crippen molar-refractivity contribution in [3.63, 3.8) is 0 Å². The van der Waals surface area contributed by atoms with Crippen LogP contribution in [0.4, 0.5) is 0 Å². The van der Waals surface area contributed by atoms with E-state index in [0.717, 1.165) is 11.3 Å². The van der Waals surface area contributed by atoms with Gasteiger partial charge in [-0.15, -0.1) is 11.3 Å². The zero-order valence-corrected chi connectivity index (χ0v) is 12.5. The Labute approximate surface area is 122 Å². The third-order valence-corrected chi connectivity index (χ3v) is 4.49. The first-order valence-electron chi connectivity index (χ1n) is 5.33. The van der Waals surface area contributed by atoms with Gasteiger partial charge >= 0.3 is 5.97 Å². The number of thiazole rings is 2. The van der Waals surface area contributed by atoms with Gasteiger partial charge in [0.1, 0.15) is 9.21 Å². The highest BCUT2D eigenvalue weighted by molar-refractivity contribution is 7.24. The van der Waals surface area contributed by atoms with Gasteiger partial charge in [0.05, 0.1) is 12.8 Å². The van der Waals surface area contributed by atoms with E-state index in [4.69, 9.17) is 16.3 Å². The first-order chi connectivity index (χ1) is 9.02. The van der Waals surface area contributed by atoms with Gasteiger partial charge in [-0.2, -0.15) is 0 Å². The maximum Gasteiger partial charge on any atom is 0.358 e. The van der Waals surface area contributed by atoms with E-state index in [1.165, 1.54) is 24.5 Å². The lowest BCUT2D eigenvalue weighted by molar-refractivity contribution is 0.0517. The Balaban J connectivity index is 2.46. The van der Waals surface area contributed by atoms with Crippen molar-refractivity contribution >= 4 is 46.0 Å². The first kappa shape index (κ1) is 14.1. The number of halogens is 1. The van der Waals surface area contributed by atoms with Gasteiger partial charge in [0.2, 0.25) is 0 Å². The van der Waals surface area contributed by atoms with Crippen molar-refractivity contribution < 1.29 is 14.3 Å². The summed E-state index contributed by atoms with van der Waals surface area (Å²) in [4.78, 5) is 31.8. The minimum absolute atomic E-state index is 0.0423. The van der Waals surface area contributed by atoms with Crippen LogP contribution in [0.5, 0.6) is 0 Å². The minimum atomic E-state index is -0.599. The lowest BCUT2D eigenvalue weighted by atomic mass is 10.3. The van der Waals surface area contributed by atoms with Gasteiger partial charge in [-0.1, -0.05) is 22.9 Å². The molecule has 0 aliphatic heterocycles. The van der Waals surface area contributed by atoms with E-state index in [-0.39, 0.29) is 23.0 Å². The van der Waals surface area contributed by atoms with E-state index in [9.17, 15) is 9.59 Å². The summed E-state index contributed by atoms with van der Waals surface area (Å²) < 4.78 is 5.40. The van der Waals surface area contributed by atoms with Crippen LogP contribution in [0.1, 0.15) is 34.0 Å². The molecule has 0 bridgehead atoms. The fraction of sp³-hybridized carbons (Fsp3) is 0.273. The second kappa shape index (κ2) is 5.77. The molecule has 0 spiro atoms. The molecule has 0 unspecified atom stereocenters. The van der Waals surface area contributed by atoms with Crippen LogP contribution in [0.15, 0.2) is 6.20 Å². The number of hydrogen-bond acceptors (Lipinski definition) is 7. The average molecular weight is 317 g/mol. The topological polar surface area (TPSA) is 69.2 Å². The Morgan fingerprint density at radius 2 is 2.11 bits per heavy atom. The van der Waals surface area contributed by atoms with Gasteiger partial charge in [0, 0.05) is 6.92 Å². The first-order valence-corrected chi connectivity index (χ1v) is 7.34. The van der Waals surface area contributed by atoms with E-state index in [2.05, 4.69) is 9.97 Å². The van der Waals surface area contributed by atoms with Crippen molar-refractivity contribution in [2.45, 2.75) is 13.8 Å². The Kier molecular flexibility index (Phi) is 4.28. The Bertz CT molecular complexity index is 636. The molecule has 0 aromatic carbocycles. The molecule has 0 saturated carbocycles. The number of esters is 1. The molecule has 0 aliphatic rings. The summed E-state index contributed by atoms with van der Waals surface area (Å²) in [5, 5.41) is 1.07. The number of ether oxygens (including phenoxy) is 1. The number of carbonyl (C=O) groups is 2. The summed E-state index contributed by atoms with van der Waals surface area (Å²) in [6.07, 6.45) is 1.50. The monoisotopic (exact) mass is 316 g/mol. The highest BCUT2D eigenvalue weighted by Crippen LogP contribution is 2.33. The zero-order chi connectivity index (χ0) is 14.0. The van der Waals surface area contributed by atoms with Crippen molar-refractivity contribution in [2.75, 3.05) is 6.61 Å². The number of rotatable bonds is 4. The molecule has 0 N–H and O–H groups in total. The van der Waals surface area contributed by atoms with Crippen molar-refractivity contribution in [3.05, 3.63) is 21.1 Å². The quantitative estimate of drug-likeness (QED) is 0.639. The molecule has 2 rings (SSSR count). The van der Waals surface area contributed by atoms with Crippen LogP contribution >= 0.6 is 34.3 Å². The van der Waals surface area contributed by atoms with Gasteiger partial charge in [0.15, 0.2) is 21.5 Å². The second-order valence-corrected chi connectivity index (χ2v) is 6.10. The van der Waals surface area contributed by atoms with Crippen LogP contribution in [-0.4, -0.2) is 28.3 Å². The zero-order valence-electron chi connectivity index (χ0n) is 10.1. The van der Waals surface area contributed by atoms with Gasteiger partial charge in [-0.3, -0.25) is 4.79 Å². The van der Waals surface area contributed by atoms with Gasteiger partial charge < -0.3 is 4.74 Å². The maximum absolute atomic E-state index is 11.7. The Hall–Kier alpha value is -1.31. The number of aromatic nitrogens is 2. The summed E-state index contributed by atoms with van der Waals surface area (Å²) in [5.41, 5.74) is 0.0423. The minimum Gasteiger partial charge on any atom is -0.461 e. The third kappa shape index (κ3) is 2.99. The van der Waals surface area contributed by atoms with Crippen molar-refractivity contribution in [1.82, 2.24) is 9.97 Å². The summed E-state index contributed by atoms with van der Waals surface area (Å²) in [6.45, 7) is 3.31. The molecule has 2 aromatic rings. The largest absolute Gasteiger partial charge is 0.461 e. The molecule has 0 amide bonds. The molecule has 0 aliphatic carbocycles. The number of nitrogens with zero attached hydrogens (tertiary/aromatic N) is 2. The summed E-state index contributed by atoms with van der Waals surface area (Å²) in [5.74, 6) is -0.827. The van der Waals surface area contributed by atoms with E-state index in [0.29, 0.717) is 14.4 Å². The fourth-order valence-electron chi connectivity index (χ4n) is 1.34. The van der Waals surface area contributed by atoms with Crippen LogP contribution in [-0.2, 0) is 4.74 Å². The van der Waals surface area contributed by atoms with E-state index < -0.39 is 5.97 Å². The molecule has 19 heavy (non-hydrogen) atoms. The molecule has 0 radical (unpaired) electrons. The predicted molar refractivity (Wildman–Crippen MR) is 74.2 cm³/mol. The van der Waals surface area contributed by atoms with Crippen LogP contribution in [0.2, 0.25) is 4.34 Å². The molecule has 0 atom stereocenters. The maximum atomic E-state index is 11.7. The van der Waals surface area contributed by atoms with E-state index in [1.807, 2.05) is 0 Å². The highest BCUT2D eigenvalue weighted by Gasteiger charge is 2.23. The van der Waals surface area contributed by atoms with Crippen LogP contribution in [0.3, 0.4) is 0 Å². The Morgan fingerprint density at radius 1 is 1.37 bits per heavy atom. The molecule has 5 nitrogen and oxygen atoms in total. The molecule has 2 aromatic heterocycles. The number of Topliss-reactive ketones (excluding diaryl/α,β-unsaturated/α-hetero) is 1. The Morgan fingerprint density at radius 3 is 2.63 bits per heavy atom. The molecule has 0 saturated heterocycles. The number of hydrogen-bond donors (Lipinski definition) is 0. The lowest BCUT2D eigenvalue weighted by Gasteiger charge is -1.98. The molecule has 8 heteroatoms. The molecular weight excluding hydrogens is 308 g/mol. The van der Waals surface area contributed by atoms with Crippen LogP contribution in [0.25, 0.3) is 10.0 Å². The molecule has 0 fully saturated rings. The molecular formula is C11H9ClN2O3S2.